The Balaban J connectivity index is 0. The predicted molar refractivity (Wildman–Crippen MR) is 29.6 cm³/mol. The third-order valence-corrected chi connectivity index (χ3v) is 0.319. The summed E-state index contributed by atoms with van der Waals surface area (Å²) >= 11 is 0. The second kappa shape index (κ2) is 6.85. The quantitative estimate of drug-likeness (QED) is 0.417. The molecule has 0 aliphatic rings. The molecule has 0 aliphatic heterocycles. The summed E-state index contributed by atoms with van der Waals surface area (Å²) in [5.41, 5.74) is 0. The molecule has 7 heavy (non-hydrogen) atoms. The van der Waals surface area contributed by atoms with Gasteiger partial charge >= 0.3 is 57.4 Å². The van der Waals surface area contributed by atoms with Gasteiger partial charge in [0, 0.05) is 0 Å². The van der Waals surface area contributed by atoms with E-state index in [1.807, 2.05) is 0 Å². The van der Waals surface area contributed by atoms with Crippen molar-refractivity contribution >= 4 is 57.4 Å². The van der Waals surface area contributed by atoms with Gasteiger partial charge in [-0.2, -0.15) is 0 Å². The molecular formula is C4H7KO2. The van der Waals surface area contributed by atoms with E-state index >= 15 is 0 Å². The van der Waals surface area contributed by atoms with E-state index in [9.17, 15) is 4.79 Å². The maximum atomic E-state index is 9.53. The third kappa shape index (κ3) is 10.9. The molecule has 0 radical (unpaired) electrons. The minimum absolute atomic E-state index is 0. The van der Waals surface area contributed by atoms with E-state index < -0.39 is 5.97 Å². The topological polar surface area (TPSA) is 37.3 Å². The SMILES string of the molecule is C=CCC(=O)O.[KH]. The van der Waals surface area contributed by atoms with Gasteiger partial charge in [0.2, 0.25) is 0 Å². The zero-order valence-corrected chi connectivity index (χ0v) is 3.35. The van der Waals surface area contributed by atoms with Crippen LogP contribution in [-0.2, 0) is 4.79 Å². The fourth-order valence-electron chi connectivity index (χ4n) is 0.123. The van der Waals surface area contributed by atoms with Crippen LogP contribution in [0, 0.1) is 0 Å². The van der Waals surface area contributed by atoms with Gasteiger partial charge in [0.05, 0.1) is 6.42 Å². The minimum atomic E-state index is -0.829. The van der Waals surface area contributed by atoms with Crippen LogP contribution < -0.4 is 0 Å². The molecule has 0 rings (SSSR count). The normalized spacial score (nSPS) is 6.29. The van der Waals surface area contributed by atoms with Crippen molar-refractivity contribution in [3.63, 3.8) is 0 Å². The molecule has 0 heterocycles. The molecule has 0 amide bonds. The van der Waals surface area contributed by atoms with E-state index in [0.717, 1.165) is 0 Å². The summed E-state index contributed by atoms with van der Waals surface area (Å²) in [6, 6.07) is 0. The standard InChI is InChI=1S/C4H6O2.K.H/c1-2-3-4(5)6;;/h2H,1,3H2,(H,5,6);;. The number of hydrogen-bond acceptors (Lipinski definition) is 1. The van der Waals surface area contributed by atoms with Crippen LogP contribution in [0.1, 0.15) is 6.42 Å². The Morgan fingerprint density at radius 2 is 2.29 bits per heavy atom. The zero-order valence-electron chi connectivity index (χ0n) is 3.35. The van der Waals surface area contributed by atoms with Gasteiger partial charge in [0.1, 0.15) is 0 Å². The maximum absolute atomic E-state index is 9.53. The molecule has 36 valence electrons. The van der Waals surface area contributed by atoms with Gasteiger partial charge < -0.3 is 5.11 Å². The molecule has 0 atom stereocenters. The van der Waals surface area contributed by atoms with Crippen LogP contribution in [0.25, 0.3) is 0 Å². The van der Waals surface area contributed by atoms with Crippen molar-refractivity contribution in [2.24, 2.45) is 0 Å². The monoisotopic (exact) mass is 126 g/mol. The molecule has 0 bridgehead atoms. The van der Waals surface area contributed by atoms with Crippen molar-refractivity contribution in [3.05, 3.63) is 12.7 Å². The summed E-state index contributed by atoms with van der Waals surface area (Å²) in [6.07, 6.45) is 1.41. The van der Waals surface area contributed by atoms with Gasteiger partial charge in [0.15, 0.2) is 0 Å². The Morgan fingerprint density at radius 1 is 1.86 bits per heavy atom. The van der Waals surface area contributed by atoms with Crippen LogP contribution in [0.2, 0.25) is 0 Å². The molecule has 3 heteroatoms. The van der Waals surface area contributed by atoms with Gasteiger partial charge in [-0.3, -0.25) is 4.79 Å². The summed E-state index contributed by atoms with van der Waals surface area (Å²) in [6.45, 7) is 3.22. The zero-order chi connectivity index (χ0) is 4.99. The molecule has 0 saturated carbocycles. The number of carboxylic acids is 1. The number of aliphatic carboxylic acids is 1. The van der Waals surface area contributed by atoms with E-state index in [1.54, 1.807) is 0 Å². The number of carboxylic acid groups (broad SMARTS) is 1. The molecule has 0 aromatic heterocycles. The van der Waals surface area contributed by atoms with Gasteiger partial charge in [-0.1, -0.05) is 6.08 Å². The first-order valence-electron chi connectivity index (χ1n) is 1.60. The van der Waals surface area contributed by atoms with Crippen molar-refractivity contribution in [1.29, 1.82) is 0 Å². The first kappa shape index (κ1) is 10.8. The Kier molecular flexibility index (Phi) is 10.5. The molecule has 0 unspecified atom stereocenters. The summed E-state index contributed by atoms with van der Waals surface area (Å²) in [5.74, 6) is -0.829. The Hall–Kier alpha value is 0.846. The summed E-state index contributed by atoms with van der Waals surface area (Å²) in [5, 5.41) is 7.84. The van der Waals surface area contributed by atoms with E-state index in [1.165, 1.54) is 6.08 Å². The number of hydrogen-bond donors (Lipinski definition) is 1. The van der Waals surface area contributed by atoms with E-state index in [4.69, 9.17) is 5.11 Å². The van der Waals surface area contributed by atoms with Crippen LogP contribution in [-0.4, -0.2) is 62.5 Å². The molecule has 0 spiro atoms. The van der Waals surface area contributed by atoms with Gasteiger partial charge in [-0.15, -0.1) is 6.58 Å². The summed E-state index contributed by atoms with van der Waals surface area (Å²) in [4.78, 5) is 9.53. The van der Waals surface area contributed by atoms with Crippen LogP contribution >= 0.6 is 0 Å². The fourth-order valence-corrected chi connectivity index (χ4v) is 0.123. The second-order valence-corrected chi connectivity index (χ2v) is 0.887. The Bertz CT molecular complexity index is 70.1. The molecule has 0 aromatic rings. The van der Waals surface area contributed by atoms with Crippen molar-refractivity contribution < 1.29 is 9.90 Å². The Labute approximate surface area is 85.0 Å². The summed E-state index contributed by atoms with van der Waals surface area (Å²) in [7, 11) is 0. The molecule has 1 N–H and O–H groups in total. The van der Waals surface area contributed by atoms with Crippen LogP contribution in [0.3, 0.4) is 0 Å². The van der Waals surface area contributed by atoms with E-state index in [0.29, 0.717) is 0 Å². The first-order valence-corrected chi connectivity index (χ1v) is 1.60. The third-order valence-electron chi connectivity index (χ3n) is 0.319. The van der Waals surface area contributed by atoms with Gasteiger partial charge in [-0.05, 0) is 0 Å². The molecular weight excluding hydrogens is 119 g/mol. The molecule has 2 nitrogen and oxygen atoms in total. The molecule has 0 fully saturated rings. The number of carbonyl (C=O) groups is 1. The molecule has 0 aromatic carbocycles. The van der Waals surface area contributed by atoms with Gasteiger partial charge in [0.25, 0.3) is 0 Å². The van der Waals surface area contributed by atoms with E-state index in [-0.39, 0.29) is 57.8 Å². The van der Waals surface area contributed by atoms with E-state index in [2.05, 4.69) is 6.58 Å². The molecule has 0 aliphatic carbocycles. The van der Waals surface area contributed by atoms with Crippen LogP contribution in [0.15, 0.2) is 12.7 Å². The summed E-state index contributed by atoms with van der Waals surface area (Å²) < 4.78 is 0. The molecule has 0 saturated heterocycles. The van der Waals surface area contributed by atoms with Gasteiger partial charge in [-0.25, -0.2) is 0 Å². The first-order chi connectivity index (χ1) is 2.77. The van der Waals surface area contributed by atoms with Crippen molar-refractivity contribution in [2.75, 3.05) is 0 Å². The number of rotatable bonds is 2. The van der Waals surface area contributed by atoms with Crippen molar-refractivity contribution in [1.82, 2.24) is 0 Å². The predicted octanol–water partition coefficient (Wildman–Crippen LogP) is -0.00140. The van der Waals surface area contributed by atoms with Crippen LogP contribution in [0.5, 0.6) is 0 Å². The van der Waals surface area contributed by atoms with Crippen molar-refractivity contribution in [3.8, 4) is 0 Å². The average Bonchev–Trinajstić information content (AvgIpc) is 1.35. The van der Waals surface area contributed by atoms with Crippen molar-refractivity contribution in [2.45, 2.75) is 6.42 Å². The Morgan fingerprint density at radius 3 is 2.29 bits per heavy atom. The van der Waals surface area contributed by atoms with Crippen LogP contribution in [0.4, 0.5) is 0 Å². The average molecular weight is 126 g/mol. The fraction of sp³-hybridized carbons (Fsp3) is 0.250. The second-order valence-electron chi connectivity index (χ2n) is 0.887.